The summed E-state index contributed by atoms with van der Waals surface area (Å²) in [7, 11) is 1.75. The maximum Gasteiger partial charge on any atom is 0.250 e. The minimum atomic E-state index is -0.172. The van der Waals surface area contributed by atoms with E-state index in [4.69, 9.17) is 0 Å². The van der Waals surface area contributed by atoms with E-state index >= 15 is 0 Å². The average Bonchev–Trinajstić information content (AvgIpc) is 3.65. The van der Waals surface area contributed by atoms with Crippen molar-refractivity contribution in [3.8, 4) is 0 Å². The van der Waals surface area contributed by atoms with Crippen molar-refractivity contribution in [3.63, 3.8) is 0 Å². The summed E-state index contributed by atoms with van der Waals surface area (Å²) in [5.41, 5.74) is 4.47. The summed E-state index contributed by atoms with van der Waals surface area (Å²) in [6.45, 7) is 4.35. The number of carbonyl (C=O) groups is 1. The molecule has 33 heavy (non-hydrogen) atoms. The fraction of sp³-hybridized carbons (Fsp3) is 0.538. The van der Waals surface area contributed by atoms with Crippen LogP contribution in [-0.2, 0) is 24.8 Å². The van der Waals surface area contributed by atoms with Crippen molar-refractivity contribution >= 4 is 21.8 Å². The summed E-state index contributed by atoms with van der Waals surface area (Å²) in [4.78, 5) is 28.2. The molecule has 4 rings (SSSR count). The zero-order valence-corrected chi connectivity index (χ0v) is 21.1. The third-order valence-electron chi connectivity index (χ3n) is 7.10. The van der Waals surface area contributed by atoms with E-state index in [1.165, 1.54) is 11.1 Å². The van der Waals surface area contributed by atoms with Gasteiger partial charge < -0.3 is 19.9 Å². The molecular weight excluding hydrogens is 482 g/mol. The van der Waals surface area contributed by atoms with Crippen LogP contribution < -0.4 is 10.9 Å². The van der Waals surface area contributed by atoms with Crippen LogP contribution in [0.5, 0.6) is 0 Å². The first-order valence-electron chi connectivity index (χ1n) is 12.0. The van der Waals surface area contributed by atoms with Gasteiger partial charge in [-0.15, -0.1) is 0 Å². The Morgan fingerprint density at radius 3 is 2.76 bits per heavy atom. The van der Waals surface area contributed by atoms with Crippen molar-refractivity contribution in [1.29, 1.82) is 0 Å². The molecule has 178 valence electrons. The number of aliphatic hydroxyl groups is 1. The smallest absolute Gasteiger partial charge is 0.250 e. The van der Waals surface area contributed by atoms with E-state index in [1.807, 2.05) is 6.07 Å². The lowest BCUT2D eigenvalue weighted by Crippen LogP contribution is -2.47. The predicted octanol–water partition coefficient (Wildman–Crippen LogP) is 3.27. The molecule has 1 amide bonds. The zero-order valence-electron chi connectivity index (χ0n) is 19.5. The van der Waals surface area contributed by atoms with E-state index in [0.29, 0.717) is 19.1 Å². The highest BCUT2D eigenvalue weighted by molar-refractivity contribution is 9.10. The van der Waals surface area contributed by atoms with E-state index in [1.54, 1.807) is 23.9 Å². The van der Waals surface area contributed by atoms with Crippen molar-refractivity contribution in [2.24, 2.45) is 13.0 Å². The van der Waals surface area contributed by atoms with E-state index in [9.17, 15) is 14.7 Å². The highest BCUT2D eigenvalue weighted by atomic mass is 79.9. The van der Waals surface area contributed by atoms with Gasteiger partial charge in [-0.05, 0) is 85.9 Å². The Kier molecular flexibility index (Phi) is 7.72. The molecule has 2 fully saturated rings. The van der Waals surface area contributed by atoms with Crippen molar-refractivity contribution in [2.75, 3.05) is 19.7 Å². The summed E-state index contributed by atoms with van der Waals surface area (Å²) in [6, 6.07) is 8.30. The lowest BCUT2D eigenvalue weighted by atomic mass is 9.80. The first kappa shape index (κ1) is 24.2. The van der Waals surface area contributed by atoms with Crippen LogP contribution in [-0.4, -0.2) is 46.2 Å². The number of carbonyl (C=O) groups excluding carboxylic acids is 1. The van der Waals surface area contributed by atoms with Crippen LogP contribution >= 0.6 is 15.9 Å². The minimum Gasteiger partial charge on any atom is -0.396 e. The second kappa shape index (κ2) is 10.5. The molecule has 1 aliphatic carbocycles. The number of nitrogens with zero attached hydrogens (tertiary/aromatic N) is 2. The molecule has 1 aromatic heterocycles. The van der Waals surface area contributed by atoms with Crippen LogP contribution in [0.4, 0.5) is 0 Å². The van der Waals surface area contributed by atoms with Crippen molar-refractivity contribution in [2.45, 2.75) is 57.5 Å². The highest BCUT2D eigenvalue weighted by Gasteiger charge is 2.40. The number of amides is 1. The fourth-order valence-corrected chi connectivity index (χ4v) is 5.46. The molecule has 2 heterocycles. The molecule has 7 heteroatoms. The van der Waals surface area contributed by atoms with Gasteiger partial charge in [-0.2, -0.15) is 0 Å². The lowest BCUT2D eigenvalue weighted by Gasteiger charge is -2.36. The summed E-state index contributed by atoms with van der Waals surface area (Å²) in [6.07, 6.45) is 6.30. The normalized spacial score (nSPS) is 20.6. The monoisotopic (exact) mass is 515 g/mol. The van der Waals surface area contributed by atoms with Crippen LogP contribution in [0.1, 0.15) is 53.9 Å². The van der Waals surface area contributed by atoms with E-state index in [-0.39, 0.29) is 29.9 Å². The molecule has 1 aliphatic heterocycles. The third-order valence-corrected chi connectivity index (χ3v) is 7.92. The number of aryl methyl sites for hydroxylation is 2. The standard InChI is InChI=1S/C26H34BrN3O3/c1-17-19(4-3-11-31)12-18(13-24(17)27)16-30(21-5-6-21)26(33)23-15-28-9-7-22(23)20-8-10-29(2)25(32)14-20/h8,10,12-14,21-23,28,31H,3-7,9,11,15-16H2,1-2H3/t22-,23+/m1/s1. The lowest BCUT2D eigenvalue weighted by molar-refractivity contribution is -0.138. The van der Waals surface area contributed by atoms with Crippen molar-refractivity contribution in [3.05, 3.63) is 67.5 Å². The van der Waals surface area contributed by atoms with Crippen LogP contribution in [0, 0.1) is 12.8 Å². The molecule has 2 N–H and O–H groups in total. The van der Waals surface area contributed by atoms with Gasteiger partial charge in [0.05, 0.1) is 5.92 Å². The number of pyridine rings is 1. The zero-order chi connectivity index (χ0) is 23.5. The topological polar surface area (TPSA) is 74.6 Å². The Bertz CT molecular complexity index is 1060. The second-order valence-electron chi connectivity index (χ2n) is 9.50. The predicted molar refractivity (Wildman–Crippen MR) is 133 cm³/mol. The molecule has 1 saturated carbocycles. The Balaban J connectivity index is 1.58. The molecule has 2 atom stereocenters. The molecule has 0 radical (unpaired) electrons. The maximum absolute atomic E-state index is 13.9. The summed E-state index contributed by atoms with van der Waals surface area (Å²) >= 11 is 3.69. The maximum atomic E-state index is 13.9. The summed E-state index contributed by atoms with van der Waals surface area (Å²) in [5.74, 6) is 0.0666. The largest absolute Gasteiger partial charge is 0.396 e. The number of halogens is 1. The van der Waals surface area contributed by atoms with Crippen molar-refractivity contribution in [1.82, 2.24) is 14.8 Å². The summed E-state index contributed by atoms with van der Waals surface area (Å²) < 4.78 is 2.62. The quantitative estimate of drug-likeness (QED) is 0.565. The van der Waals surface area contributed by atoms with Crippen LogP contribution in [0.2, 0.25) is 0 Å². The van der Waals surface area contributed by atoms with Crippen LogP contribution in [0.25, 0.3) is 0 Å². The van der Waals surface area contributed by atoms with Gasteiger partial charge in [0.15, 0.2) is 0 Å². The van der Waals surface area contributed by atoms with Gasteiger partial charge in [0.25, 0.3) is 5.56 Å². The van der Waals surface area contributed by atoms with Gasteiger partial charge in [-0.1, -0.05) is 22.0 Å². The highest BCUT2D eigenvalue weighted by Crippen LogP contribution is 2.36. The molecule has 0 bridgehead atoms. The first-order valence-corrected chi connectivity index (χ1v) is 12.7. The van der Waals surface area contributed by atoms with Gasteiger partial charge >= 0.3 is 0 Å². The van der Waals surface area contributed by atoms with Crippen molar-refractivity contribution < 1.29 is 9.90 Å². The van der Waals surface area contributed by atoms with Gasteiger partial charge in [-0.25, -0.2) is 0 Å². The number of hydrogen-bond donors (Lipinski definition) is 2. The number of piperidine rings is 1. The van der Waals surface area contributed by atoms with Crippen LogP contribution in [0.3, 0.4) is 0 Å². The Hall–Kier alpha value is -1.96. The molecule has 6 nitrogen and oxygen atoms in total. The molecule has 2 aromatic rings. The Morgan fingerprint density at radius 1 is 1.27 bits per heavy atom. The SMILES string of the molecule is Cc1c(Br)cc(CN(C(=O)[C@H]2CNCC[C@@H]2c2ccn(C)c(=O)c2)C2CC2)cc1CCCO. The summed E-state index contributed by atoms with van der Waals surface area (Å²) in [5, 5.41) is 12.7. The third kappa shape index (κ3) is 5.58. The van der Waals surface area contributed by atoms with Gasteiger partial charge in [0.2, 0.25) is 5.91 Å². The molecule has 0 unspecified atom stereocenters. The number of nitrogens with one attached hydrogen (secondary N) is 1. The fourth-order valence-electron chi connectivity index (χ4n) is 4.91. The number of hydrogen-bond acceptors (Lipinski definition) is 4. The number of aromatic nitrogens is 1. The number of aliphatic hydroxyl groups excluding tert-OH is 1. The molecular formula is C26H34BrN3O3. The van der Waals surface area contributed by atoms with Gasteiger partial charge in [-0.3, -0.25) is 9.59 Å². The average molecular weight is 516 g/mol. The number of benzene rings is 1. The molecule has 2 aliphatic rings. The molecule has 1 aromatic carbocycles. The van der Waals surface area contributed by atoms with E-state index < -0.39 is 0 Å². The van der Waals surface area contributed by atoms with E-state index in [0.717, 1.165) is 54.2 Å². The Morgan fingerprint density at radius 2 is 2.06 bits per heavy atom. The molecule has 0 spiro atoms. The van der Waals surface area contributed by atoms with Crippen LogP contribution in [0.15, 0.2) is 39.7 Å². The van der Waals surface area contributed by atoms with Gasteiger partial charge in [0.1, 0.15) is 0 Å². The Labute approximate surface area is 204 Å². The second-order valence-corrected chi connectivity index (χ2v) is 10.4. The molecule has 1 saturated heterocycles. The first-order chi connectivity index (χ1) is 15.9. The van der Waals surface area contributed by atoms with Gasteiger partial charge in [0, 0.05) is 49.5 Å². The number of rotatable bonds is 8. The minimum absolute atomic E-state index is 0.0313. The van der Waals surface area contributed by atoms with E-state index in [2.05, 4.69) is 45.2 Å².